The molecule has 0 aromatic rings. The zero-order valence-corrected chi connectivity index (χ0v) is 50.0. The van der Waals surface area contributed by atoms with Gasteiger partial charge in [-0.05, 0) is 128 Å². The summed E-state index contributed by atoms with van der Waals surface area (Å²) < 4.78 is 39.5. The van der Waals surface area contributed by atoms with Crippen LogP contribution < -0.4 is 0 Å². The number of allylic oxidation sites excluding steroid dienone is 20. The van der Waals surface area contributed by atoms with Crippen LogP contribution in [-0.2, 0) is 42.2 Å². The van der Waals surface area contributed by atoms with Crippen molar-refractivity contribution >= 4 is 25.7 Å². The number of carbonyl (C=O) groups is 3. The highest BCUT2D eigenvalue weighted by atomic mass is 31.2. The number of hydrogen-bond acceptors (Lipinski definition) is 10. The molecule has 0 saturated heterocycles. The number of aliphatic hydroxyl groups excluding tert-OH is 1. The standard InChI is InChI=1S/C66H109O11P/c1-4-7-10-13-16-19-22-25-27-29-31-33-35-38-40-43-46-49-52-55-64(68)73-59-63(77-66(70)57-54-51-48-45-42-39-36-34-32-30-28-26-23-20-17-14-11-8-5-2)61-75-78(71,72)74-60-62(58-67)76-65(69)56-53-50-47-44-41-37-24-21-18-15-12-9-6-3/h8,11-12,15-17,19-21,24-28,31-34,39,42,62-63,67H,4-7,9-10,13-14,18,22-23,29-30,35-38,40-41,43-61H2,1-3H3,(H,71,72)/b11-8-,15-12-,19-16-,20-17-,24-21-,27-25-,28-26-,33-31-,34-32-,42-39-. The van der Waals surface area contributed by atoms with Crippen molar-refractivity contribution in [1.82, 2.24) is 0 Å². The van der Waals surface area contributed by atoms with E-state index in [-0.39, 0.29) is 25.9 Å². The summed E-state index contributed by atoms with van der Waals surface area (Å²) >= 11 is 0. The monoisotopic (exact) mass is 1110 g/mol. The average molecular weight is 1110 g/mol. The third-order valence-electron chi connectivity index (χ3n) is 12.3. The topological polar surface area (TPSA) is 155 Å². The number of unbranched alkanes of at least 4 members (excludes halogenated alkanes) is 18. The maximum Gasteiger partial charge on any atom is 0.472 e. The molecule has 0 saturated carbocycles. The van der Waals surface area contributed by atoms with Crippen LogP contribution >= 0.6 is 7.82 Å². The first-order valence-electron chi connectivity index (χ1n) is 30.4. The maximum absolute atomic E-state index is 12.9. The van der Waals surface area contributed by atoms with E-state index in [1.807, 2.05) is 0 Å². The van der Waals surface area contributed by atoms with Crippen molar-refractivity contribution in [2.75, 3.05) is 26.4 Å². The lowest BCUT2D eigenvalue weighted by Gasteiger charge is -2.21. The highest BCUT2D eigenvalue weighted by Crippen LogP contribution is 2.43. The lowest BCUT2D eigenvalue weighted by atomic mass is 10.1. The van der Waals surface area contributed by atoms with Crippen molar-refractivity contribution in [2.24, 2.45) is 0 Å². The van der Waals surface area contributed by atoms with Crippen molar-refractivity contribution in [2.45, 2.75) is 251 Å². The van der Waals surface area contributed by atoms with Crippen LogP contribution in [0.2, 0.25) is 0 Å². The molecule has 11 nitrogen and oxygen atoms in total. The van der Waals surface area contributed by atoms with Gasteiger partial charge in [-0.1, -0.05) is 213 Å². The molecule has 0 aromatic heterocycles. The maximum atomic E-state index is 12.9. The molecule has 0 bridgehead atoms. The Balaban J connectivity index is 4.83. The van der Waals surface area contributed by atoms with Gasteiger partial charge in [-0.3, -0.25) is 23.4 Å². The Morgan fingerprint density at radius 1 is 0.372 bits per heavy atom. The van der Waals surface area contributed by atoms with E-state index < -0.39 is 57.8 Å². The molecular weight excluding hydrogens is 1000 g/mol. The molecule has 0 aliphatic heterocycles. The number of phosphoric acid groups is 1. The Morgan fingerprint density at radius 3 is 1.09 bits per heavy atom. The highest BCUT2D eigenvalue weighted by molar-refractivity contribution is 7.47. The second kappa shape index (κ2) is 59.0. The van der Waals surface area contributed by atoms with Gasteiger partial charge in [0, 0.05) is 19.3 Å². The van der Waals surface area contributed by atoms with Gasteiger partial charge in [-0.15, -0.1) is 0 Å². The molecule has 0 aliphatic carbocycles. The van der Waals surface area contributed by atoms with Gasteiger partial charge < -0.3 is 24.2 Å². The van der Waals surface area contributed by atoms with Crippen LogP contribution in [0, 0.1) is 0 Å². The van der Waals surface area contributed by atoms with Crippen molar-refractivity contribution in [1.29, 1.82) is 0 Å². The molecule has 78 heavy (non-hydrogen) atoms. The zero-order valence-electron chi connectivity index (χ0n) is 49.1. The van der Waals surface area contributed by atoms with E-state index >= 15 is 0 Å². The normalized spacial score (nSPS) is 14.2. The second-order valence-corrected chi connectivity index (χ2v) is 21.2. The zero-order chi connectivity index (χ0) is 56.9. The molecule has 0 aliphatic rings. The first kappa shape index (κ1) is 73.9. The lowest BCUT2D eigenvalue weighted by molar-refractivity contribution is -0.161. The van der Waals surface area contributed by atoms with Crippen LogP contribution in [0.3, 0.4) is 0 Å². The fourth-order valence-electron chi connectivity index (χ4n) is 7.72. The quantitative estimate of drug-likeness (QED) is 0.0197. The van der Waals surface area contributed by atoms with E-state index in [1.54, 1.807) is 0 Å². The highest BCUT2D eigenvalue weighted by Gasteiger charge is 2.28. The smallest absolute Gasteiger partial charge is 0.462 e. The molecule has 0 heterocycles. The van der Waals surface area contributed by atoms with Crippen LogP contribution in [0.4, 0.5) is 0 Å². The largest absolute Gasteiger partial charge is 0.472 e. The van der Waals surface area contributed by atoms with E-state index in [0.29, 0.717) is 19.3 Å². The molecule has 2 N–H and O–H groups in total. The minimum Gasteiger partial charge on any atom is -0.462 e. The number of rotatable bonds is 55. The molecule has 3 atom stereocenters. The number of carbonyl (C=O) groups excluding carboxylic acids is 3. The van der Waals surface area contributed by atoms with Gasteiger partial charge in [0.15, 0.2) is 6.10 Å². The molecule has 0 spiro atoms. The van der Waals surface area contributed by atoms with E-state index in [9.17, 15) is 28.9 Å². The Morgan fingerprint density at radius 2 is 0.692 bits per heavy atom. The lowest BCUT2D eigenvalue weighted by Crippen LogP contribution is -2.30. The summed E-state index contributed by atoms with van der Waals surface area (Å²) in [6, 6.07) is 0. The van der Waals surface area contributed by atoms with Crippen molar-refractivity contribution < 1.29 is 52.2 Å². The molecule has 0 rings (SSSR count). The van der Waals surface area contributed by atoms with E-state index in [2.05, 4.69) is 142 Å². The van der Waals surface area contributed by atoms with Gasteiger partial charge >= 0.3 is 25.7 Å². The van der Waals surface area contributed by atoms with Crippen LogP contribution in [0.5, 0.6) is 0 Å². The predicted molar refractivity (Wildman–Crippen MR) is 325 cm³/mol. The predicted octanol–water partition coefficient (Wildman–Crippen LogP) is 18.4. The fraction of sp³-hybridized carbons (Fsp3) is 0.652. The number of phosphoric ester groups is 1. The third kappa shape index (κ3) is 56.6. The number of aliphatic hydroxyl groups is 1. The van der Waals surface area contributed by atoms with Gasteiger partial charge in [-0.25, -0.2) is 4.57 Å². The molecule has 12 heteroatoms. The van der Waals surface area contributed by atoms with Gasteiger partial charge in [-0.2, -0.15) is 0 Å². The molecule has 3 unspecified atom stereocenters. The third-order valence-corrected chi connectivity index (χ3v) is 13.3. The van der Waals surface area contributed by atoms with Crippen LogP contribution in [0.1, 0.15) is 239 Å². The minimum atomic E-state index is -4.77. The van der Waals surface area contributed by atoms with Crippen molar-refractivity contribution in [3.05, 3.63) is 122 Å². The molecule has 0 amide bonds. The summed E-state index contributed by atoms with van der Waals surface area (Å²) in [5.74, 6) is -1.54. The van der Waals surface area contributed by atoms with Gasteiger partial charge in [0.05, 0.1) is 19.8 Å². The minimum absolute atomic E-state index is 0.118. The first-order chi connectivity index (χ1) is 38.2. The first-order valence-corrected chi connectivity index (χ1v) is 31.9. The number of ether oxygens (including phenoxy) is 3. The summed E-state index contributed by atoms with van der Waals surface area (Å²) in [5.41, 5.74) is 0. The number of esters is 3. The molecule has 0 radical (unpaired) electrons. The van der Waals surface area contributed by atoms with Crippen LogP contribution in [-0.4, -0.2) is 66.5 Å². The van der Waals surface area contributed by atoms with Crippen molar-refractivity contribution in [3.8, 4) is 0 Å². The summed E-state index contributed by atoms with van der Waals surface area (Å²) in [4.78, 5) is 48.6. The second-order valence-electron chi connectivity index (χ2n) is 19.8. The van der Waals surface area contributed by atoms with E-state index in [1.165, 1.54) is 25.7 Å². The Kier molecular flexibility index (Phi) is 55.9. The molecule has 0 fully saturated rings. The van der Waals surface area contributed by atoms with Gasteiger partial charge in [0.2, 0.25) is 0 Å². The van der Waals surface area contributed by atoms with E-state index in [4.69, 9.17) is 23.3 Å². The van der Waals surface area contributed by atoms with Gasteiger partial charge in [0.1, 0.15) is 12.7 Å². The SMILES string of the molecule is CC/C=C\C/C=C\C/C=C\C/C=C\C/C=C\CCCCCC(=O)OC(COC(=O)CCCCCCCC/C=C\C/C=C\C/C=C\CCCCC)COP(=O)(O)OCC(CO)OC(=O)CCCCCCC/C=C\C/C=C\CCC. The molecule has 0 aromatic carbocycles. The Labute approximate surface area is 475 Å². The average Bonchev–Trinajstić information content (AvgIpc) is 3.43. The number of hydrogen-bond donors (Lipinski definition) is 2. The van der Waals surface area contributed by atoms with Crippen LogP contribution in [0.25, 0.3) is 0 Å². The van der Waals surface area contributed by atoms with Gasteiger partial charge in [0.25, 0.3) is 0 Å². The van der Waals surface area contributed by atoms with E-state index in [0.717, 1.165) is 154 Å². The summed E-state index contributed by atoms with van der Waals surface area (Å²) in [5, 5.41) is 9.82. The Bertz CT molecular complexity index is 1770. The summed E-state index contributed by atoms with van der Waals surface area (Å²) in [6.45, 7) is 4.36. The molecule has 444 valence electrons. The van der Waals surface area contributed by atoms with Crippen molar-refractivity contribution in [3.63, 3.8) is 0 Å². The summed E-state index contributed by atoms with van der Waals surface area (Å²) in [6.07, 6.45) is 72.9. The fourth-order valence-corrected chi connectivity index (χ4v) is 8.50. The summed E-state index contributed by atoms with van der Waals surface area (Å²) in [7, 11) is -4.77. The molecular formula is C66H109O11P. The Hall–Kier alpha value is -4.12. The van der Waals surface area contributed by atoms with Crippen LogP contribution in [0.15, 0.2) is 122 Å².